The molecule has 0 spiro atoms. The second-order valence-corrected chi connectivity index (χ2v) is 9.32. The van der Waals surface area contributed by atoms with E-state index < -0.39 is 11.9 Å². The highest BCUT2D eigenvalue weighted by atomic mass is 32.2. The molecule has 0 aliphatic rings. The number of fused-ring (bicyclic) bond motifs is 1. The number of nitriles is 1. The van der Waals surface area contributed by atoms with E-state index in [9.17, 15) is 14.9 Å². The van der Waals surface area contributed by atoms with Crippen molar-refractivity contribution in [2.75, 3.05) is 18.9 Å². The predicted octanol–water partition coefficient (Wildman–Crippen LogP) is 4.47. The lowest BCUT2D eigenvalue weighted by molar-refractivity contribution is 0.0521. The Morgan fingerprint density at radius 3 is 2.35 bits per heavy atom. The Morgan fingerprint density at radius 2 is 1.74 bits per heavy atom. The molecule has 3 rings (SSSR count). The molecule has 0 saturated carbocycles. The zero-order chi connectivity index (χ0) is 22.7. The molecule has 0 bridgehead atoms. The second-order valence-electron chi connectivity index (χ2n) is 6.30. The van der Waals surface area contributed by atoms with Gasteiger partial charge in [0.25, 0.3) is 0 Å². The van der Waals surface area contributed by atoms with Gasteiger partial charge in [0.15, 0.2) is 0 Å². The first-order valence-corrected chi connectivity index (χ1v) is 12.0. The molecule has 0 atom stereocenters. The lowest BCUT2D eigenvalue weighted by Gasteiger charge is -2.07. The molecule has 0 fully saturated rings. The molecule has 162 valence electrons. The summed E-state index contributed by atoms with van der Waals surface area (Å²) in [7, 11) is 0. The largest absolute Gasteiger partial charge is 0.462 e. The molecule has 0 saturated heterocycles. The van der Waals surface area contributed by atoms with Crippen molar-refractivity contribution in [3.8, 4) is 6.07 Å². The zero-order valence-electron chi connectivity index (χ0n) is 17.4. The highest BCUT2D eigenvalue weighted by Gasteiger charge is 2.25. The van der Waals surface area contributed by atoms with Crippen LogP contribution in [0.5, 0.6) is 0 Å². The number of anilines is 1. The Morgan fingerprint density at radius 1 is 1.10 bits per heavy atom. The van der Waals surface area contributed by atoms with Crippen LogP contribution in [0.25, 0.3) is 10.2 Å². The Hall–Kier alpha value is -2.68. The van der Waals surface area contributed by atoms with Crippen LogP contribution in [0, 0.1) is 25.2 Å². The fourth-order valence-corrected chi connectivity index (χ4v) is 6.31. The molecule has 0 amide bonds. The minimum atomic E-state index is -0.503. The molecule has 31 heavy (non-hydrogen) atoms. The van der Waals surface area contributed by atoms with Crippen LogP contribution in [-0.2, 0) is 15.2 Å². The Kier molecular flexibility index (Phi) is 7.15. The van der Waals surface area contributed by atoms with Crippen molar-refractivity contribution in [3.63, 3.8) is 0 Å². The monoisotopic (exact) mass is 476 g/mol. The predicted molar refractivity (Wildman–Crippen MR) is 122 cm³/mol. The van der Waals surface area contributed by atoms with E-state index in [0.29, 0.717) is 36.8 Å². The van der Waals surface area contributed by atoms with Gasteiger partial charge >= 0.3 is 11.9 Å². The molecule has 3 aromatic rings. The minimum absolute atomic E-state index is 0.224. The van der Waals surface area contributed by atoms with E-state index in [2.05, 4.69) is 16.0 Å². The number of esters is 2. The number of hydrogen-bond acceptors (Lipinski definition) is 11. The highest BCUT2D eigenvalue weighted by molar-refractivity contribution is 7.98. The average Bonchev–Trinajstić information content (AvgIpc) is 3.22. The van der Waals surface area contributed by atoms with Crippen molar-refractivity contribution < 1.29 is 19.1 Å². The van der Waals surface area contributed by atoms with Crippen molar-refractivity contribution >= 4 is 61.6 Å². The third-order valence-corrected chi connectivity index (χ3v) is 7.50. The SMILES string of the molecule is CCOC(=O)c1sc(N)c(C#N)c1CSc1nc(C)nc2sc(C(=O)OCC)c(C)c12. The molecular formula is C20H20N4O4S3. The van der Waals surface area contributed by atoms with Crippen LogP contribution < -0.4 is 5.73 Å². The number of hydrogen-bond donors (Lipinski definition) is 1. The number of carbonyl (C=O) groups excluding carboxylic acids is 2. The number of nitrogen functional groups attached to an aromatic ring is 1. The minimum Gasteiger partial charge on any atom is -0.462 e. The molecule has 0 unspecified atom stereocenters. The van der Waals surface area contributed by atoms with Crippen LogP contribution in [0.1, 0.15) is 55.7 Å². The number of aryl methyl sites for hydroxylation is 2. The van der Waals surface area contributed by atoms with E-state index in [0.717, 1.165) is 22.3 Å². The van der Waals surface area contributed by atoms with Gasteiger partial charge in [0.05, 0.1) is 18.8 Å². The molecule has 0 aliphatic carbocycles. The molecule has 3 heterocycles. The summed E-state index contributed by atoms with van der Waals surface area (Å²) in [5.41, 5.74) is 7.51. The van der Waals surface area contributed by atoms with E-state index in [4.69, 9.17) is 15.2 Å². The maximum absolute atomic E-state index is 12.4. The third-order valence-electron chi connectivity index (χ3n) is 4.29. The molecule has 3 aromatic heterocycles. The quantitative estimate of drug-likeness (QED) is 0.298. The first-order chi connectivity index (χ1) is 14.8. The van der Waals surface area contributed by atoms with Crippen LogP contribution in [0.15, 0.2) is 5.03 Å². The number of rotatable bonds is 7. The number of ether oxygens (including phenoxy) is 2. The van der Waals surface area contributed by atoms with Crippen LogP contribution in [0.3, 0.4) is 0 Å². The van der Waals surface area contributed by atoms with Gasteiger partial charge in [-0.05, 0) is 33.3 Å². The number of thioether (sulfide) groups is 1. The summed E-state index contributed by atoms with van der Waals surface area (Å²) in [6.45, 7) is 7.59. The Balaban J connectivity index is 2.03. The summed E-state index contributed by atoms with van der Waals surface area (Å²) in [5, 5.41) is 11.2. The van der Waals surface area contributed by atoms with Gasteiger partial charge in [-0.15, -0.1) is 34.4 Å². The highest BCUT2D eigenvalue weighted by Crippen LogP contribution is 2.40. The van der Waals surface area contributed by atoms with Crippen molar-refractivity contribution in [1.82, 2.24) is 9.97 Å². The summed E-state index contributed by atoms with van der Waals surface area (Å²) in [6, 6.07) is 2.08. The molecule has 0 aromatic carbocycles. The van der Waals surface area contributed by atoms with Gasteiger partial charge in [-0.1, -0.05) is 0 Å². The number of nitrogens with zero attached hydrogens (tertiary/aromatic N) is 3. The molecular weight excluding hydrogens is 456 g/mol. The van der Waals surface area contributed by atoms with Crippen molar-refractivity contribution in [1.29, 1.82) is 5.26 Å². The van der Waals surface area contributed by atoms with E-state index >= 15 is 0 Å². The fourth-order valence-electron chi connectivity index (χ4n) is 2.95. The summed E-state index contributed by atoms with van der Waals surface area (Å²) in [5.74, 6) is -0.0434. The number of aromatic nitrogens is 2. The fraction of sp³-hybridized carbons (Fsp3) is 0.350. The number of carbonyl (C=O) groups is 2. The van der Waals surface area contributed by atoms with Gasteiger partial charge in [-0.25, -0.2) is 19.6 Å². The Bertz CT molecular complexity index is 1210. The number of thiophene rings is 2. The summed E-state index contributed by atoms with van der Waals surface area (Å²) < 4.78 is 10.3. The summed E-state index contributed by atoms with van der Waals surface area (Å²) >= 11 is 3.67. The van der Waals surface area contributed by atoms with Gasteiger partial charge in [-0.3, -0.25) is 0 Å². The van der Waals surface area contributed by atoms with Gasteiger partial charge in [0.1, 0.15) is 36.5 Å². The average molecular weight is 477 g/mol. The first-order valence-electron chi connectivity index (χ1n) is 9.38. The van der Waals surface area contributed by atoms with Crippen molar-refractivity contribution in [2.24, 2.45) is 0 Å². The Labute approximate surface area is 191 Å². The van der Waals surface area contributed by atoms with Gasteiger partial charge in [-0.2, -0.15) is 5.26 Å². The molecule has 0 aliphatic heterocycles. The molecule has 0 radical (unpaired) electrons. The van der Waals surface area contributed by atoms with Crippen molar-refractivity contribution in [2.45, 2.75) is 38.5 Å². The molecule has 8 nitrogen and oxygen atoms in total. The van der Waals surface area contributed by atoms with Gasteiger partial charge in [0, 0.05) is 16.7 Å². The second kappa shape index (κ2) is 9.64. The smallest absolute Gasteiger partial charge is 0.348 e. The molecule has 2 N–H and O–H groups in total. The maximum Gasteiger partial charge on any atom is 0.348 e. The van der Waals surface area contributed by atoms with Crippen LogP contribution in [0.4, 0.5) is 5.00 Å². The standard InChI is InChI=1S/C20H20N4O4S3/c1-5-27-19(25)14-9(3)13-17(23-10(4)24-18(13)31-14)29-8-12-11(7-21)16(22)30-15(12)20(26)28-6-2/h5-6,8,22H2,1-4H3. The maximum atomic E-state index is 12.4. The number of nitrogens with two attached hydrogens (primary N) is 1. The van der Waals surface area contributed by atoms with Crippen LogP contribution in [-0.4, -0.2) is 35.1 Å². The van der Waals surface area contributed by atoms with Crippen molar-refractivity contribution in [3.05, 3.63) is 32.3 Å². The third kappa shape index (κ3) is 4.51. The lowest BCUT2D eigenvalue weighted by atomic mass is 10.2. The van der Waals surface area contributed by atoms with Gasteiger partial charge in [0.2, 0.25) is 0 Å². The van der Waals surface area contributed by atoms with E-state index in [1.165, 1.54) is 23.1 Å². The van der Waals surface area contributed by atoms with Crippen LogP contribution in [0.2, 0.25) is 0 Å². The molecule has 11 heteroatoms. The van der Waals surface area contributed by atoms with E-state index in [1.54, 1.807) is 20.8 Å². The zero-order valence-corrected chi connectivity index (χ0v) is 19.8. The normalized spacial score (nSPS) is 10.8. The summed E-state index contributed by atoms with van der Waals surface area (Å²) in [4.78, 5) is 35.2. The van der Waals surface area contributed by atoms with E-state index in [1.807, 2.05) is 6.92 Å². The van der Waals surface area contributed by atoms with E-state index in [-0.39, 0.29) is 23.8 Å². The summed E-state index contributed by atoms with van der Waals surface area (Å²) in [6.07, 6.45) is 0. The van der Waals surface area contributed by atoms with Crippen LogP contribution >= 0.6 is 34.4 Å². The first kappa shape index (κ1) is 23.0. The topological polar surface area (TPSA) is 128 Å². The lowest BCUT2D eigenvalue weighted by Crippen LogP contribution is -2.05. The van der Waals surface area contributed by atoms with Gasteiger partial charge < -0.3 is 15.2 Å².